The summed E-state index contributed by atoms with van der Waals surface area (Å²) in [7, 11) is 1.65. The summed E-state index contributed by atoms with van der Waals surface area (Å²) in [4.78, 5) is 30.6. The third kappa shape index (κ3) is 4.97. The fourth-order valence-corrected chi connectivity index (χ4v) is 4.43. The molecular formula is C24H31N7O3. The third-order valence-corrected chi connectivity index (χ3v) is 6.42. The highest BCUT2D eigenvalue weighted by molar-refractivity contribution is 5.85. The summed E-state index contributed by atoms with van der Waals surface area (Å²) in [5, 5.41) is 3.49. The van der Waals surface area contributed by atoms with Gasteiger partial charge in [-0.2, -0.15) is 0 Å². The second kappa shape index (κ2) is 10.4. The van der Waals surface area contributed by atoms with Crippen LogP contribution in [0.25, 0.3) is 22.6 Å². The van der Waals surface area contributed by atoms with Crippen LogP contribution in [-0.4, -0.2) is 94.8 Å². The van der Waals surface area contributed by atoms with E-state index in [-0.39, 0.29) is 5.91 Å². The molecule has 1 amide bonds. The molecule has 2 saturated heterocycles. The molecule has 10 nitrogen and oxygen atoms in total. The van der Waals surface area contributed by atoms with Crippen molar-refractivity contribution in [3.05, 3.63) is 30.6 Å². The number of amides is 1. The Hall–Kier alpha value is -3.24. The summed E-state index contributed by atoms with van der Waals surface area (Å²) in [6.45, 7) is 7.25. The molecule has 2 aliphatic heterocycles. The maximum atomic E-state index is 12.0. The number of carbonyl (C=O) groups is 1. The molecule has 2 aromatic heterocycles. The zero-order valence-corrected chi connectivity index (χ0v) is 19.6. The van der Waals surface area contributed by atoms with Gasteiger partial charge in [0.2, 0.25) is 5.91 Å². The Balaban J connectivity index is 1.40. The van der Waals surface area contributed by atoms with Crippen LogP contribution < -0.4 is 10.1 Å². The van der Waals surface area contributed by atoms with Crippen LogP contribution in [0.2, 0.25) is 0 Å². The Morgan fingerprint density at radius 3 is 2.62 bits per heavy atom. The number of imidazole rings is 1. The zero-order chi connectivity index (χ0) is 23.3. The first-order chi connectivity index (χ1) is 16.7. The van der Waals surface area contributed by atoms with E-state index in [0.29, 0.717) is 25.3 Å². The molecule has 180 valence electrons. The minimum absolute atomic E-state index is 0.225. The lowest BCUT2D eigenvalue weighted by atomic mass is 10.2. The Bertz CT molecular complexity index is 1130. The molecule has 4 heterocycles. The first-order valence-corrected chi connectivity index (χ1v) is 11.9. The minimum Gasteiger partial charge on any atom is -0.497 e. The highest BCUT2D eigenvalue weighted by Gasteiger charge is 2.21. The first-order valence-electron chi connectivity index (χ1n) is 11.9. The number of rotatable bonds is 9. The van der Waals surface area contributed by atoms with E-state index in [9.17, 15) is 4.79 Å². The minimum atomic E-state index is 0.225. The van der Waals surface area contributed by atoms with E-state index in [4.69, 9.17) is 19.4 Å². The predicted octanol–water partition coefficient (Wildman–Crippen LogP) is 1.87. The topological polar surface area (TPSA) is 97.6 Å². The Kier molecular flexibility index (Phi) is 6.87. The first kappa shape index (κ1) is 22.5. The van der Waals surface area contributed by atoms with Crippen molar-refractivity contribution in [2.45, 2.75) is 19.4 Å². The van der Waals surface area contributed by atoms with Crippen LogP contribution in [0.5, 0.6) is 5.75 Å². The fourth-order valence-electron chi connectivity index (χ4n) is 4.43. The lowest BCUT2D eigenvalue weighted by Gasteiger charge is -2.26. The normalized spacial score (nSPS) is 17.0. The van der Waals surface area contributed by atoms with Crippen LogP contribution in [-0.2, 0) is 16.1 Å². The lowest BCUT2D eigenvalue weighted by Crippen LogP contribution is -2.39. The molecule has 1 N–H and O–H groups in total. The van der Waals surface area contributed by atoms with Crippen molar-refractivity contribution >= 4 is 22.9 Å². The van der Waals surface area contributed by atoms with Gasteiger partial charge in [-0.25, -0.2) is 15.0 Å². The van der Waals surface area contributed by atoms with Crippen LogP contribution in [0, 0.1) is 0 Å². The Morgan fingerprint density at radius 1 is 1.06 bits per heavy atom. The predicted molar refractivity (Wildman–Crippen MR) is 129 cm³/mol. The van der Waals surface area contributed by atoms with Gasteiger partial charge in [-0.15, -0.1) is 0 Å². The highest BCUT2D eigenvalue weighted by atomic mass is 16.5. The van der Waals surface area contributed by atoms with Crippen LogP contribution in [0.3, 0.4) is 0 Å². The molecule has 0 spiro atoms. The zero-order valence-electron chi connectivity index (χ0n) is 19.6. The average molecular weight is 466 g/mol. The van der Waals surface area contributed by atoms with Crippen molar-refractivity contribution in [1.82, 2.24) is 29.3 Å². The number of anilines is 1. The van der Waals surface area contributed by atoms with Gasteiger partial charge in [-0.3, -0.25) is 9.69 Å². The highest BCUT2D eigenvalue weighted by Crippen LogP contribution is 2.26. The summed E-state index contributed by atoms with van der Waals surface area (Å²) in [5.41, 5.74) is 2.41. The van der Waals surface area contributed by atoms with Crippen molar-refractivity contribution in [3.63, 3.8) is 0 Å². The summed E-state index contributed by atoms with van der Waals surface area (Å²) in [6, 6.07) is 7.73. The molecule has 0 atom stereocenters. The number of morpholine rings is 1. The summed E-state index contributed by atoms with van der Waals surface area (Å²) in [6.07, 6.45) is 3.38. The second-order valence-corrected chi connectivity index (χ2v) is 8.60. The maximum absolute atomic E-state index is 12.0. The van der Waals surface area contributed by atoms with Gasteiger partial charge in [0.25, 0.3) is 0 Å². The third-order valence-electron chi connectivity index (χ3n) is 6.42. The number of aromatic nitrogens is 4. The Labute approximate surface area is 198 Å². The van der Waals surface area contributed by atoms with Crippen LogP contribution >= 0.6 is 0 Å². The SMILES string of the molecule is COc1ccc(-c2nc(NCCN3CCOCC3)c3ncn(CCN4CCCC4=O)c3n2)cc1. The van der Waals surface area contributed by atoms with Gasteiger partial charge < -0.3 is 24.3 Å². The van der Waals surface area contributed by atoms with Gasteiger partial charge in [-0.05, 0) is 30.7 Å². The van der Waals surface area contributed by atoms with E-state index in [1.54, 1.807) is 13.4 Å². The molecule has 2 aliphatic rings. The molecule has 0 aliphatic carbocycles. The van der Waals surface area contributed by atoms with Gasteiger partial charge in [0, 0.05) is 57.8 Å². The Morgan fingerprint density at radius 2 is 1.88 bits per heavy atom. The molecule has 0 saturated carbocycles. The molecule has 5 rings (SSSR count). The number of benzene rings is 1. The van der Waals surface area contributed by atoms with Gasteiger partial charge in [0.05, 0.1) is 26.7 Å². The fraction of sp³-hybridized carbons (Fsp3) is 0.500. The number of nitrogens with one attached hydrogen (secondary N) is 1. The average Bonchev–Trinajstić information content (AvgIpc) is 3.49. The van der Waals surface area contributed by atoms with Gasteiger partial charge >= 0.3 is 0 Å². The van der Waals surface area contributed by atoms with Crippen molar-refractivity contribution in [3.8, 4) is 17.1 Å². The smallest absolute Gasteiger partial charge is 0.222 e. The molecule has 34 heavy (non-hydrogen) atoms. The standard InChI is InChI=1S/C24H31N7O3/c1-33-19-6-4-18(5-7-19)22-27-23(25-8-10-29-13-15-34-16-14-29)21-24(28-22)31(17-26-21)12-11-30-9-2-3-20(30)32/h4-7,17H,2-3,8-16H2,1H3,(H,25,27,28). The monoisotopic (exact) mass is 465 g/mol. The van der Waals surface area contributed by atoms with Gasteiger partial charge in [-0.1, -0.05) is 0 Å². The van der Waals surface area contributed by atoms with Gasteiger partial charge in [0.15, 0.2) is 17.3 Å². The van der Waals surface area contributed by atoms with Crippen LogP contribution in [0.4, 0.5) is 5.82 Å². The molecule has 10 heteroatoms. The largest absolute Gasteiger partial charge is 0.497 e. The number of ether oxygens (including phenoxy) is 2. The van der Waals surface area contributed by atoms with E-state index in [1.807, 2.05) is 33.7 Å². The van der Waals surface area contributed by atoms with Crippen molar-refractivity contribution in [2.75, 3.05) is 64.9 Å². The van der Waals surface area contributed by atoms with Crippen LogP contribution in [0.1, 0.15) is 12.8 Å². The molecule has 0 radical (unpaired) electrons. The van der Waals surface area contributed by atoms with Crippen LogP contribution in [0.15, 0.2) is 30.6 Å². The van der Waals surface area contributed by atoms with E-state index in [1.165, 1.54) is 0 Å². The summed E-state index contributed by atoms with van der Waals surface area (Å²) >= 11 is 0. The molecule has 2 fully saturated rings. The molecule has 3 aromatic rings. The number of methoxy groups -OCH3 is 1. The number of fused-ring (bicyclic) bond motifs is 1. The number of carbonyl (C=O) groups excluding carboxylic acids is 1. The second-order valence-electron chi connectivity index (χ2n) is 8.60. The molecule has 0 unspecified atom stereocenters. The lowest BCUT2D eigenvalue weighted by molar-refractivity contribution is -0.127. The summed E-state index contributed by atoms with van der Waals surface area (Å²) in [5.74, 6) is 2.36. The van der Waals surface area contributed by atoms with Crippen molar-refractivity contribution < 1.29 is 14.3 Å². The number of hydrogen-bond acceptors (Lipinski definition) is 8. The van der Waals surface area contributed by atoms with E-state index >= 15 is 0 Å². The summed E-state index contributed by atoms with van der Waals surface area (Å²) < 4.78 is 12.8. The van der Waals surface area contributed by atoms with Gasteiger partial charge in [0.1, 0.15) is 11.3 Å². The number of nitrogens with zero attached hydrogens (tertiary/aromatic N) is 6. The maximum Gasteiger partial charge on any atom is 0.222 e. The quantitative estimate of drug-likeness (QED) is 0.512. The number of likely N-dealkylation sites (tertiary alicyclic amines) is 1. The van der Waals surface area contributed by atoms with E-state index in [2.05, 4.69) is 15.2 Å². The van der Waals surface area contributed by atoms with Crippen molar-refractivity contribution in [1.29, 1.82) is 0 Å². The van der Waals surface area contributed by atoms with E-state index in [0.717, 1.165) is 80.7 Å². The van der Waals surface area contributed by atoms with Crippen molar-refractivity contribution in [2.24, 2.45) is 0 Å². The molecule has 0 bridgehead atoms. The molecule has 1 aromatic carbocycles. The molecular weight excluding hydrogens is 434 g/mol. The van der Waals surface area contributed by atoms with E-state index < -0.39 is 0 Å². The number of hydrogen-bond donors (Lipinski definition) is 1.